The molecule has 0 fully saturated rings. The molecule has 3 nitrogen and oxygen atoms in total. The van der Waals surface area contributed by atoms with Crippen molar-refractivity contribution >= 4 is 6.03 Å². The van der Waals surface area contributed by atoms with Gasteiger partial charge in [-0.25, -0.2) is 9.18 Å². The van der Waals surface area contributed by atoms with Crippen molar-refractivity contribution in [2.24, 2.45) is 0 Å². The van der Waals surface area contributed by atoms with E-state index in [1.165, 1.54) is 12.1 Å². The molecule has 1 aromatic rings. The molecule has 4 heteroatoms. The molecule has 2 amide bonds. The highest BCUT2D eigenvalue weighted by Gasteiger charge is 2.08. The Balaban J connectivity index is 2.43. The van der Waals surface area contributed by atoms with E-state index in [9.17, 15) is 9.18 Å². The number of benzene rings is 1. The zero-order chi connectivity index (χ0) is 12.7. The van der Waals surface area contributed by atoms with Crippen molar-refractivity contribution in [3.05, 3.63) is 35.6 Å². The molecule has 1 rings (SSSR count). The topological polar surface area (TPSA) is 32.3 Å². The smallest absolute Gasteiger partial charge is 0.317 e. The van der Waals surface area contributed by atoms with E-state index in [0.29, 0.717) is 13.1 Å². The Kier molecular flexibility index (Phi) is 5.46. The first-order valence-corrected chi connectivity index (χ1v) is 5.87. The van der Waals surface area contributed by atoms with Crippen LogP contribution in [0.2, 0.25) is 0 Å². The van der Waals surface area contributed by atoms with Crippen LogP contribution in [0.25, 0.3) is 0 Å². The van der Waals surface area contributed by atoms with Crippen LogP contribution in [0.3, 0.4) is 0 Å². The van der Waals surface area contributed by atoms with Gasteiger partial charge in [0.05, 0.1) is 0 Å². The predicted octanol–water partition coefficient (Wildman–Crippen LogP) is 2.77. The molecule has 1 N–H and O–H groups in total. The van der Waals surface area contributed by atoms with Crippen LogP contribution >= 0.6 is 0 Å². The second-order valence-electron chi connectivity index (χ2n) is 4.07. The molecule has 0 saturated heterocycles. The van der Waals surface area contributed by atoms with Crippen LogP contribution in [-0.2, 0) is 6.54 Å². The van der Waals surface area contributed by atoms with Crippen molar-refractivity contribution in [3.63, 3.8) is 0 Å². The van der Waals surface area contributed by atoms with E-state index in [4.69, 9.17) is 0 Å². The molecule has 0 bridgehead atoms. The number of halogens is 1. The molecule has 94 valence electrons. The molecule has 0 aliphatic heterocycles. The quantitative estimate of drug-likeness (QED) is 0.786. The number of hydrogen-bond donors (Lipinski definition) is 1. The van der Waals surface area contributed by atoms with Gasteiger partial charge in [0.25, 0.3) is 0 Å². The van der Waals surface area contributed by atoms with E-state index in [1.807, 2.05) is 0 Å². The highest BCUT2D eigenvalue weighted by atomic mass is 19.1. The van der Waals surface area contributed by atoms with Gasteiger partial charge in [-0.1, -0.05) is 25.5 Å². The minimum atomic E-state index is -0.276. The summed E-state index contributed by atoms with van der Waals surface area (Å²) >= 11 is 0. The number of hydrogen-bond acceptors (Lipinski definition) is 1. The van der Waals surface area contributed by atoms with Crippen LogP contribution in [0.5, 0.6) is 0 Å². The lowest BCUT2D eigenvalue weighted by atomic mass is 10.2. The summed E-state index contributed by atoms with van der Waals surface area (Å²) in [5.41, 5.74) is 0.790. The standard InChI is InChI=1S/C13H19FN2O/c1-3-4-8-15-13(17)16(2)10-11-6-5-7-12(14)9-11/h5-7,9H,3-4,8,10H2,1-2H3,(H,15,17). The summed E-state index contributed by atoms with van der Waals surface area (Å²) in [6.45, 7) is 3.17. The van der Waals surface area contributed by atoms with Gasteiger partial charge in [0.2, 0.25) is 0 Å². The molecule has 0 radical (unpaired) electrons. The summed E-state index contributed by atoms with van der Waals surface area (Å²) in [6.07, 6.45) is 2.02. The first-order valence-electron chi connectivity index (χ1n) is 5.87. The van der Waals surface area contributed by atoms with Crippen molar-refractivity contribution in [3.8, 4) is 0 Å². The molecule has 0 spiro atoms. The van der Waals surface area contributed by atoms with Crippen LogP contribution in [0, 0.1) is 5.82 Å². The van der Waals surface area contributed by atoms with Crippen molar-refractivity contribution in [2.75, 3.05) is 13.6 Å². The maximum Gasteiger partial charge on any atom is 0.317 e. The second-order valence-corrected chi connectivity index (χ2v) is 4.07. The number of carbonyl (C=O) groups is 1. The summed E-state index contributed by atoms with van der Waals surface area (Å²) in [7, 11) is 1.70. The first-order chi connectivity index (χ1) is 8.13. The molecule has 0 unspecified atom stereocenters. The Morgan fingerprint density at radius 3 is 2.88 bits per heavy atom. The maximum atomic E-state index is 12.9. The minimum Gasteiger partial charge on any atom is -0.338 e. The van der Waals surface area contributed by atoms with Gasteiger partial charge in [-0.15, -0.1) is 0 Å². The normalized spacial score (nSPS) is 10.1. The van der Waals surface area contributed by atoms with E-state index in [0.717, 1.165) is 18.4 Å². The van der Waals surface area contributed by atoms with Crippen molar-refractivity contribution in [1.29, 1.82) is 0 Å². The SMILES string of the molecule is CCCCNC(=O)N(C)Cc1cccc(F)c1. The van der Waals surface area contributed by atoms with E-state index in [-0.39, 0.29) is 11.8 Å². The fourth-order valence-electron chi connectivity index (χ4n) is 1.49. The van der Waals surface area contributed by atoms with E-state index in [1.54, 1.807) is 24.1 Å². The molecule has 0 heterocycles. The van der Waals surface area contributed by atoms with E-state index < -0.39 is 0 Å². The van der Waals surface area contributed by atoms with Gasteiger partial charge in [-0.2, -0.15) is 0 Å². The molecule has 0 saturated carbocycles. The van der Waals surface area contributed by atoms with Crippen LogP contribution in [0.4, 0.5) is 9.18 Å². The maximum absolute atomic E-state index is 12.9. The Labute approximate surface area is 102 Å². The number of amides is 2. The number of nitrogens with one attached hydrogen (secondary N) is 1. The van der Waals surface area contributed by atoms with Crippen molar-refractivity contribution < 1.29 is 9.18 Å². The van der Waals surface area contributed by atoms with Crippen LogP contribution in [0.1, 0.15) is 25.3 Å². The van der Waals surface area contributed by atoms with Gasteiger partial charge in [0.1, 0.15) is 5.82 Å². The molecular formula is C13H19FN2O. The summed E-state index contributed by atoms with van der Waals surface area (Å²) in [4.78, 5) is 13.2. The number of nitrogens with zero attached hydrogens (tertiary/aromatic N) is 1. The van der Waals surface area contributed by atoms with Gasteiger partial charge in [0.15, 0.2) is 0 Å². The molecule has 0 aliphatic rings. The lowest BCUT2D eigenvalue weighted by Crippen LogP contribution is -2.37. The highest BCUT2D eigenvalue weighted by Crippen LogP contribution is 2.06. The Hall–Kier alpha value is -1.58. The number of carbonyl (C=O) groups excluding carboxylic acids is 1. The molecule has 17 heavy (non-hydrogen) atoms. The fraction of sp³-hybridized carbons (Fsp3) is 0.462. The Bertz CT molecular complexity index is 368. The van der Waals surface area contributed by atoms with Crippen molar-refractivity contribution in [1.82, 2.24) is 10.2 Å². The van der Waals surface area contributed by atoms with Gasteiger partial charge in [-0.3, -0.25) is 0 Å². The molecular weight excluding hydrogens is 219 g/mol. The van der Waals surface area contributed by atoms with Crippen LogP contribution < -0.4 is 5.32 Å². The monoisotopic (exact) mass is 238 g/mol. The van der Waals surface area contributed by atoms with Crippen LogP contribution in [0.15, 0.2) is 24.3 Å². The molecule has 0 aromatic heterocycles. The molecule has 0 atom stereocenters. The number of rotatable bonds is 5. The fourth-order valence-corrected chi connectivity index (χ4v) is 1.49. The summed E-state index contributed by atoms with van der Waals surface area (Å²) in [5, 5.41) is 2.81. The van der Waals surface area contributed by atoms with Gasteiger partial charge >= 0.3 is 6.03 Å². The third-order valence-electron chi connectivity index (χ3n) is 2.46. The molecule has 0 aliphatic carbocycles. The lowest BCUT2D eigenvalue weighted by Gasteiger charge is -2.18. The predicted molar refractivity (Wildman–Crippen MR) is 66.2 cm³/mol. The van der Waals surface area contributed by atoms with Gasteiger partial charge in [0, 0.05) is 20.1 Å². The van der Waals surface area contributed by atoms with Gasteiger partial charge < -0.3 is 10.2 Å². The summed E-state index contributed by atoms with van der Waals surface area (Å²) in [5.74, 6) is -0.276. The van der Waals surface area contributed by atoms with E-state index in [2.05, 4.69) is 12.2 Å². The third kappa shape index (κ3) is 4.85. The first kappa shape index (κ1) is 13.5. The lowest BCUT2D eigenvalue weighted by molar-refractivity contribution is 0.206. The average molecular weight is 238 g/mol. The minimum absolute atomic E-state index is 0.122. The summed E-state index contributed by atoms with van der Waals surface area (Å²) < 4.78 is 12.9. The number of unbranched alkanes of at least 4 members (excludes halogenated alkanes) is 1. The van der Waals surface area contributed by atoms with E-state index >= 15 is 0 Å². The zero-order valence-corrected chi connectivity index (χ0v) is 10.4. The summed E-state index contributed by atoms with van der Waals surface area (Å²) in [6, 6.07) is 6.16. The Morgan fingerprint density at radius 1 is 1.47 bits per heavy atom. The zero-order valence-electron chi connectivity index (χ0n) is 10.4. The van der Waals surface area contributed by atoms with Gasteiger partial charge in [-0.05, 0) is 24.1 Å². The van der Waals surface area contributed by atoms with Crippen molar-refractivity contribution in [2.45, 2.75) is 26.3 Å². The van der Waals surface area contributed by atoms with Crippen LogP contribution in [-0.4, -0.2) is 24.5 Å². The highest BCUT2D eigenvalue weighted by molar-refractivity contribution is 5.73. The average Bonchev–Trinajstić information content (AvgIpc) is 2.29. The third-order valence-corrected chi connectivity index (χ3v) is 2.46. The molecule has 1 aromatic carbocycles. The second kappa shape index (κ2) is 6.89. The Morgan fingerprint density at radius 2 is 2.24 bits per heavy atom. The number of urea groups is 1. The largest absolute Gasteiger partial charge is 0.338 e.